The van der Waals surface area contributed by atoms with Crippen LogP contribution in [0.15, 0.2) is 42.5 Å². The van der Waals surface area contributed by atoms with E-state index >= 15 is 0 Å². The third-order valence-electron chi connectivity index (χ3n) is 5.66. The van der Waals surface area contributed by atoms with Crippen LogP contribution in [0.3, 0.4) is 0 Å². The summed E-state index contributed by atoms with van der Waals surface area (Å²) < 4.78 is 24.4. The molecule has 138 valence electrons. The van der Waals surface area contributed by atoms with Crippen LogP contribution in [0, 0.1) is 0 Å². The summed E-state index contributed by atoms with van der Waals surface area (Å²) in [6.45, 7) is 4.25. The molecule has 5 rings (SSSR count). The molecule has 0 bridgehead atoms. The van der Waals surface area contributed by atoms with E-state index in [1.165, 1.54) is 10.8 Å². The molecule has 1 aliphatic carbocycles. The van der Waals surface area contributed by atoms with E-state index < -0.39 is 17.7 Å². The van der Waals surface area contributed by atoms with Crippen molar-refractivity contribution < 1.29 is 24.1 Å². The average molecular weight is 356 g/mol. The molecule has 2 aromatic rings. The molecule has 3 aliphatic rings. The van der Waals surface area contributed by atoms with Crippen molar-refractivity contribution in [1.82, 2.24) is 0 Å². The lowest BCUT2D eigenvalue weighted by molar-refractivity contribution is -0.274. The summed E-state index contributed by atoms with van der Waals surface area (Å²) in [6.07, 6.45) is -0.153. The van der Waals surface area contributed by atoms with Gasteiger partial charge in [0.25, 0.3) is 0 Å². The molecule has 2 saturated heterocycles. The Kier molecular flexibility index (Phi) is 3.68. The second-order valence-corrected chi connectivity index (χ2v) is 8.13. The lowest BCUT2D eigenvalue weighted by atomic mass is 9.73. The van der Waals surface area contributed by atoms with E-state index in [4.69, 9.17) is 18.9 Å². The number of benzene rings is 2. The second kappa shape index (κ2) is 5.75. The monoisotopic (exact) mass is 356 g/mol. The van der Waals surface area contributed by atoms with E-state index in [0.717, 1.165) is 5.56 Å². The van der Waals surface area contributed by atoms with E-state index in [2.05, 4.69) is 30.3 Å². The largest absolute Gasteiger partial charge is 0.393 e. The Hall–Kier alpha value is -1.50. The molecule has 1 N–H and O–H groups in total. The summed E-state index contributed by atoms with van der Waals surface area (Å²) in [5, 5.41) is 12.3. The molecule has 0 amide bonds. The van der Waals surface area contributed by atoms with Crippen molar-refractivity contribution in [3.8, 4) is 0 Å². The van der Waals surface area contributed by atoms with Gasteiger partial charge in [0.2, 0.25) is 0 Å². The van der Waals surface area contributed by atoms with Gasteiger partial charge >= 0.3 is 0 Å². The lowest BCUT2D eigenvalue weighted by Crippen LogP contribution is -2.57. The van der Waals surface area contributed by atoms with Crippen LogP contribution in [0.25, 0.3) is 10.8 Å². The first-order valence-electron chi connectivity index (χ1n) is 9.25. The molecule has 5 heteroatoms. The Morgan fingerprint density at radius 1 is 1.04 bits per heavy atom. The molecule has 3 fully saturated rings. The van der Waals surface area contributed by atoms with Gasteiger partial charge in [-0.05, 0) is 36.2 Å². The SMILES string of the molecule is CC1(C)O[C@H]2OC3(CC(O)C3)[C@@H](OCc3ccc4ccccc4c3)[C@H]2O1. The highest BCUT2D eigenvalue weighted by Crippen LogP contribution is 2.52. The highest BCUT2D eigenvalue weighted by molar-refractivity contribution is 5.82. The summed E-state index contributed by atoms with van der Waals surface area (Å²) >= 11 is 0. The van der Waals surface area contributed by atoms with Crippen LogP contribution in [-0.2, 0) is 25.6 Å². The van der Waals surface area contributed by atoms with Crippen LogP contribution in [-0.4, -0.2) is 41.1 Å². The first-order valence-corrected chi connectivity index (χ1v) is 9.25. The summed E-state index contributed by atoms with van der Waals surface area (Å²) in [5.41, 5.74) is 0.614. The normalized spacial score (nSPS) is 37.8. The van der Waals surface area contributed by atoms with Crippen LogP contribution in [0.2, 0.25) is 0 Å². The molecule has 0 radical (unpaired) electrons. The Morgan fingerprint density at radius 2 is 1.81 bits per heavy atom. The van der Waals surface area contributed by atoms with Crippen LogP contribution in [0.5, 0.6) is 0 Å². The van der Waals surface area contributed by atoms with Crippen LogP contribution >= 0.6 is 0 Å². The van der Waals surface area contributed by atoms with Gasteiger partial charge in [0.15, 0.2) is 12.1 Å². The molecule has 2 aromatic carbocycles. The quantitative estimate of drug-likeness (QED) is 0.916. The lowest BCUT2D eigenvalue weighted by Gasteiger charge is -2.46. The summed E-state index contributed by atoms with van der Waals surface area (Å²) in [6, 6.07) is 14.6. The number of hydrogen-bond acceptors (Lipinski definition) is 5. The van der Waals surface area contributed by atoms with Crippen molar-refractivity contribution in [1.29, 1.82) is 0 Å². The predicted molar refractivity (Wildman–Crippen MR) is 95.4 cm³/mol. The molecule has 3 atom stereocenters. The third kappa shape index (κ3) is 2.66. The highest BCUT2D eigenvalue weighted by atomic mass is 16.8. The summed E-state index contributed by atoms with van der Waals surface area (Å²) in [7, 11) is 0. The van der Waals surface area contributed by atoms with Gasteiger partial charge in [-0.2, -0.15) is 0 Å². The minimum atomic E-state index is -0.677. The summed E-state index contributed by atoms with van der Waals surface area (Å²) in [4.78, 5) is 0. The Morgan fingerprint density at radius 3 is 2.58 bits per heavy atom. The van der Waals surface area contributed by atoms with Crippen LogP contribution in [0.1, 0.15) is 32.3 Å². The number of hydrogen-bond donors (Lipinski definition) is 1. The standard InChI is InChI=1S/C21H24O5/c1-20(2)24-17-18(21(10-16(22)11-21)26-19(17)25-20)23-12-13-7-8-14-5-3-4-6-15(14)9-13/h3-9,16-19,22H,10-12H2,1-2H3/t16?,17-,18+,19+,21?/m1/s1. The molecule has 0 unspecified atom stereocenters. The fourth-order valence-corrected chi connectivity index (χ4v) is 4.48. The fraction of sp³-hybridized carbons (Fsp3) is 0.524. The first kappa shape index (κ1) is 16.7. The number of fused-ring (bicyclic) bond motifs is 2. The van der Waals surface area contributed by atoms with Crippen molar-refractivity contribution in [2.75, 3.05) is 0 Å². The molecule has 1 spiro atoms. The molecule has 2 aliphatic heterocycles. The number of ether oxygens (including phenoxy) is 4. The highest BCUT2D eigenvalue weighted by Gasteiger charge is 2.66. The Bertz CT molecular complexity index is 826. The number of aliphatic hydroxyl groups excluding tert-OH is 1. The second-order valence-electron chi connectivity index (χ2n) is 8.13. The molecule has 2 heterocycles. The van der Waals surface area contributed by atoms with Crippen molar-refractivity contribution in [2.24, 2.45) is 0 Å². The summed E-state index contributed by atoms with van der Waals surface area (Å²) in [5.74, 6) is -0.677. The number of aliphatic hydroxyl groups is 1. The van der Waals surface area contributed by atoms with Crippen molar-refractivity contribution in [3.63, 3.8) is 0 Å². The smallest absolute Gasteiger partial charge is 0.190 e. The van der Waals surface area contributed by atoms with Crippen molar-refractivity contribution >= 4 is 10.8 Å². The Balaban J connectivity index is 1.36. The van der Waals surface area contributed by atoms with Gasteiger partial charge in [-0.15, -0.1) is 0 Å². The first-order chi connectivity index (χ1) is 12.4. The van der Waals surface area contributed by atoms with Crippen molar-refractivity contribution in [2.45, 2.75) is 69.3 Å². The van der Waals surface area contributed by atoms with E-state index in [1.807, 2.05) is 26.0 Å². The maximum absolute atomic E-state index is 9.84. The maximum atomic E-state index is 9.84. The zero-order valence-electron chi connectivity index (χ0n) is 15.1. The van der Waals surface area contributed by atoms with Crippen LogP contribution in [0.4, 0.5) is 0 Å². The van der Waals surface area contributed by atoms with Gasteiger partial charge in [0, 0.05) is 12.8 Å². The van der Waals surface area contributed by atoms with Gasteiger partial charge < -0.3 is 24.1 Å². The molecule has 26 heavy (non-hydrogen) atoms. The van der Waals surface area contributed by atoms with Gasteiger partial charge in [0.05, 0.1) is 12.7 Å². The average Bonchev–Trinajstić information content (AvgIpc) is 3.01. The van der Waals surface area contributed by atoms with E-state index in [9.17, 15) is 5.11 Å². The van der Waals surface area contributed by atoms with E-state index in [0.29, 0.717) is 19.4 Å². The molecule has 0 aromatic heterocycles. The minimum Gasteiger partial charge on any atom is -0.393 e. The number of rotatable bonds is 3. The zero-order valence-corrected chi connectivity index (χ0v) is 15.1. The fourth-order valence-electron chi connectivity index (χ4n) is 4.48. The van der Waals surface area contributed by atoms with Gasteiger partial charge in [-0.1, -0.05) is 36.4 Å². The molecular formula is C21H24O5. The minimum absolute atomic E-state index is 0.246. The van der Waals surface area contributed by atoms with E-state index in [-0.39, 0.29) is 18.3 Å². The molecular weight excluding hydrogens is 332 g/mol. The van der Waals surface area contributed by atoms with Crippen molar-refractivity contribution in [3.05, 3.63) is 48.0 Å². The zero-order chi connectivity index (χ0) is 17.9. The predicted octanol–water partition coefficient (Wildman–Crippen LogP) is 3.13. The van der Waals surface area contributed by atoms with Gasteiger partial charge in [0.1, 0.15) is 17.8 Å². The maximum Gasteiger partial charge on any atom is 0.190 e. The van der Waals surface area contributed by atoms with Crippen LogP contribution < -0.4 is 0 Å². The van der Waals surface area contributed by atoms with Gasteiger partial charge in [-0.25, -0.2) is 0 Å². The topological polar surface area (TPSA) is 57.2 Å². The Labute approximate surface area is 152 Å². The molecule has 1 saturated carbocycles. The molecule has 5 nitrogen and oxygen atoms in total. The van der Waals surface area contributed by atoms with E-state index in [1.54, 1.807) is 0 Å². The third-order valence-corrected chi connectivity index (χ3v) is 5.66. The van der Waals surface area contributed by atoms with Gasteiger partial charge in [-0.3, -0.25) is 0 Å².